The number of para-hydroxylation sites is 1. The Balaban J connectivity index is 1.94. The van der Waals surface area contributed by atoms with Crippen molar-refractivity contribution in [2.45, 2.75) is 0 Å². The fourth-order valence-electron chi connectivity index (χ4n) is 2.12. The standard InChI is InChI=1S/C17H11Cl2N3O/c18-15-8-7-11(10-21-15)12-4-1-2-6-14(12)22-17(23)13-5-3-9-20-16(13)19/h1-10H,(H,22,23). The zero-order valence-electron chi connectivity index (χ0n) is 11.8. The molecular weight excluding hydrogens is 333 g/mol. The minimum atomic E-state index is -0.322. The highest BCUT2D eigenvalue weighted by Gasteiger charge is 2.13. The quantitative estimate of drug-likeness (QED) is 0.701. The van der Waals surface area contributed by atoms with E-state index in [0.29, 0.717) is 16.4 Å². The summed E-state index contributed by atoms with van der Waals surface area (Å²) in [7, 11) is 0. The van der Waals surface area contributed by atoms with Crippen molar-refractivity contribution < 1.29 is 4.79 Å². The molecule has 0 aliphatic heterocycles. The number of hydrogen-bond donors (Lipinski definition) is 1. The van der Waals surface area contributed by atoms with Crippen molar-refractivity contribution >= 4 is 34.8 Å². The Morgan fingerprint density at radius 1 is 0.957 bits per heavy atom. The molecule has 4 nitrogen and oxygen atoms in total. The molecule has 1 aromatic carbocycles. The lowest BCUT2D eigenvalue weighted by Crippen LogP contribution is -2.13. The lowest BCUT2D eigenvalue weighted by Gasteiger charge is -2.11. The molecule has 1 amide bonds. The predicted molar refractivity (Wildman–Crippen MR) is 91.9 cm³/mol. The van der Waals surface area contributed by atoms with Crippen molar-refractivity contribution in [2.24, 2.45) is 0 Å². The van der Waals surface area contributed by atoms with Gasteiger partial charge in [-0.15, -0.1) is 0 Å². The van der Waals surface area contributed by atoms with Gasteiger partial charge in [0, 0.05) is 29.2 Å². The van der Waals surface area contributed by atoms with E-state index in [-0.39, 0.29) is 11.1 Å². The first kappa shape index (κ1) is 15.5. The lowest BCUT2D eigenvalue weighted by molar-refractivity contribution is 0.102. The number of halogens is 2. The molecule has 0 atom stereocenters. The van der Waals surface area contributed by atoms with Crippen molar-refractivity contribution in [1.29, 1.82) is 0 Å². The molecule has 0 fully saturated rings. The first-order chi connectivity index (χ1) is 11.1. The van der Waals surface area contributed by atoms with Crippen molar-refractivity contribution in [3.63, 3.8) is 0 Å². The zero-order chi connectivity index (χ0) is 16.2. The summed E-state index contributed by atoms with van der Waals surface area (Å²) in [6.45, 7) is 0. The Morgan fingerprint density at radius 2 is 1.78 bits per heavy atom. The van der Waals surface area contributed by atoms with E-state index in [0.717, 1.165) is 11.1 Å². The van der Waals surface area contributed by atoms with Crippen LogP contribution in [0.3, 0.4) is 0 Å². The molecule has 0 saturated heterocycles. The number of pyridine rings is 2. The van der Waals surface area contributed by atoms with Crippen LogP contribution >= 0.6 is 23.2 Å². The number of anilines is 1. The van der Waals surface area contributed by atoms with Gasteiger partial charge in [-0.1, -0.05) is 41.4 Å². The summed E-state index contributed by atoms with van der Waals surface area (Å²) in [6.07, 6.45) is 3.19. The largest absolute Gasteiger partial charge is 0.321 e. The van der Waals surface area contributed by atoms with Crippen LogP contribution in [0.15, 0.2) is 60.9 Å². The van der Waals surface area contributed by atoms with Gasteiger partial charge in [-0.25, -0.2) is 9.97 Å². The molecule has 0 radical (unpaired) electrons. The summed E-state index contributed by atoms with van der Waals surface area (Å²) in [6, 6.07) is 14.3. The molecule has 0 aliphatic rings. The summed E-state index contributed by atoms with van der Waals surface area (Å²) in [4.78, 5) is 20.4. The molecule has 2 heterocycles. The van der Waals surface area contributed by atoms with Crippen LogP contribution in [-0.4, -0.2) is 15.9 Å². The van der Waals surface area contributed by atoms with E-state index in [4.69, 9.17) is 23.2 Å². The van der Waals surface area contributed by atoms with E-state index in [2.05, 4.69) is 15.3 Å². The molecule has 2 aromatic heterocycles. The van der Waals surface area contributed by atoms with Crippen LogP contribution in [0, 0.1) is 0 Å². The maximum Gasteiger partial charge on any atom is 0.258 e. The molecule has 0 saturated carbocycles. The number of nitrogens with one attached hydrogen (secondary N) is 1. The van der Waals surface area contributed by atoms with E-state index in [1.807, 2.05) is 30.3 Å². The highest BCUT2D eigenvalue weighted by Crippen LogP contribution is 2.28. The third-order valence-corrected chi connectivity index (χ3v) is 3.74. The van der Waals surface area contributed by atoms with Gasteiger partial charge in [-0.2, -0.15) is 0 Å². The number of aromatic nitrogens is 2. The molecule has 6 heteroatoms. The molecule has 3 aromatic rings. The number of rotatable bonds is 3. The molecule has 0 bridgehead atoms. The van der Waals surface area contributed by atoms with Gasteiger partial charge in [0.1, 0.15) is 10.3 Å². The van der Waals surface area contributed by atoms with E-state index in [1.54, 1.807) is 24.4 Å². The summed E-state index contributed by atoms with van der Waals surface area (Å²) < 4.78 is 0. The second-order valence-electron chi connectivity index (χ2n) is 4.71. The van der Waals surface area contributed by atoms with E-state index >= 15 is 0 Å². The lowest BCUT2D eigenvalue weighted by atomic mass is 10.1. The maximum absolute atomic E-state index is 12.4. The van der Waals surface area contributed by atoms with Gasteiger partial charge >= 0.3 is 0 Å². The highest BCUT2D eigenvalue weighted by molar-refractivity contribution is 6.33. The van der Waals surface area contributed by atoms with Crippen molar-refractivity contribution in [3.8, 4) is 11.1 Å². The fraction of sp³-hybridized carbons (Fsp3) is 0. The summed E-state index contributed by atoms with van der Waals surface area (Å²) in [5, 5.41) is 3.43. The summed E-state index contributed by atoms with van der Waals surface area (Å²) >= 11 is 11.8. The van der Waals surface area contributed by atoms with Gasteiger partial charge in [0.2, 0.25) is 0 Å². The van der Waals surface area contributed by atoms with E-state index in [9.17, 15) is 4.79 Å². The second-order valence-corrected chi connectivity index (χ2v) is 5.46. The van der Waals surface area contributed by atoms with Crippen molar-refractivity contribution in [2.75, 3.05) is 5.32 Å². The fourth-order valence-corrected chi connectivity index (χ4v) is 2.44. The zero-order valence-corrected chi connectivity index (χ0v) is 13.3. The predicted octanol–water partition coefficient (Wildman–Crippen LogP) is 4.70. The Kier molecular flexibility index (Phi) is 4.55. The van der Waals surface area contributed by atoms with Crippen LogP contribution in [0.1, 0.15) is 10.4 Å². The van der Waals surface area contributed by atoms with Crippen molar-refractivity contribution in [3.05, 3.63) is 76.8 Å². The number of carbonyl (C=O) groups is 1. The van der Waals surface area contributed by atoms with Gasteiger partial charge in [0.25, 0.3) is 5.91 Å². The van der Waals surface area contributed by atoms with Crippen LogP contribution in [0.25, 0.3) is 11.1 Å². The first-order valence-corrected chi connectivity index (χ1v) is 7.53. The molecule has 3 rings (SSSR count). The molecule has 0 unspecified atom stereocenters. The number of hydrogen-bond acceptors (Lipinski definition) is 3. The van der Waals surface area contributed by atoms with Gasteiger partial charge in [-0.3, -0.25) is 4.79 Å². The van der Waals surface area contributed by atoms with Crippen LogP contribution in [0.2, 0.25) is 10.3 Å². The third kappa shape index (κ3) is 3.50. The molecular formula is C17H11Cl2N3O. The van der Waals surface area contributed by atoms with Crippen molar-refractivity contribution in [1.82, 2.24) is 9.97 Å². The topological polar surface area (TPSA) is 54.9 Å². The Bertz CT molecular complexity index is 850. The van der Waals surface area contributed by atoms with Crippen LogP contribution < -0.4 is 5.32 Å². The van der Waals surface area contributed by atoms with E-state index in [1.165, 1.54) is 6.20 Å². The minimum absolute atomic E-state index is 0.163. The number of benzene rings is 1. The van der Waals surface area contributed by atoms with Gasteiger partial charge in [-0.05, 0) is 30.3 Å². The number of carbonyl (C=O) groups excluding carboxylic acids is 1. The van der Waals surface area contributed by atoms with Gasteiger partial charge in [0.05, 0.1) is 5.56 Å². The Morgan fingerprint density at radius 3 is 2.52 bits per heavy atom. The van der Waals surface area contributed by atoms with E-state index < -0.39 is 0 Å². The molecule has 23 heavy (non-hydrogen) atoms. The SMILES string of the molecule is O=C(Nc1ccccc1-c1ccc(Cl)nc1)c1cccnc1Cl. The molecule has 1 N–H and O–H groups in total. The molecule has 0 aliphatic carbocycles. The summed E-state index contributed by atoms with van der Waals surface area (Å²) in [5.41, 5.74) is 2.66. The smallest absolute Gasteiger partial charge is 0.258 e. The normalized spacial score (nSPS) is 10.3. The number of amides is 1. The van der Waals surface area contributed by atoms with Crippen LogP contribution in [0.5, 0.6) is 0 Å². The molecule has 114 valence electrons. The maximum atomic E-state index is 12.4. The van der Waals surface area contributed by atoms with Gasteiger partial charge < -0.3 is 5.32 Å². The first-order valence-electron chi connectivity index (χ1n) is 6.78. The van der Waals surface area contributed by atoms with Crippen LogP contribution in [0.4, 0.5) is 5.69 Å². The summed E-state index contributed by atoms with van der Waals surface area (Å²) in [5.74, 6) is -0.322. The average Bonchev–Trinajstić information content (AvgIpc) is 2.56. The highest BCUT2D eigenvalue weighted by atomic mass is 35.5. The second kappa shape index (κ2) is 6.77. The monoisotopic (exact) mass is 343 g/mol. The number of nitrogens with zero attached hydrogens (tertiary/aromatic N) is 2. The molecule has 0 spiro atoms. The van der Waals surface area contributed by atoms with Gasteiger partial charge in [0.15, 0.2) is 0 Å². The Hall–Kier alpha value is -2.43. The Labute approximate surface area is 143 Å². The third-order valence-electron chi connectivity index (χ3n) is 3.22. The van der Waals surface area contributed by atoms with Crippen LogP contribution in [-0.2, 0) is 0 Å². The average molecular weight is 344 g/mol. The minimum Gasteiger partial charge on any atom is -0.321 e.